The van der Waals surface area contributed by atoms with Crippen molar-refractivity contribution in [1.29, 1.82) is 0 Å². The summed E-state index contributed by atoms with van der Waals surface area (Å²) in [5.74, 6) is -0.312. The molecule has 1 rings (SSSR count). The number of esters is 1. The molecule has 0 heterocycles. The zero-order chi connectivity index (χ0) is 12.0. The highest BCUT2D eigenvalue weighted by Crippen LogP contribution is 2.05. The Morgan fingerprint density at radius 3 is 2.50 bits per heavy atom. The minimum absolute atomic E-state index is 0.312. The molecule has 0 bridgehead atoms. The third kappa shape index (κ3) is 3.73. The lowest BCUT2D eigenvalue weighted by atomic mass is 10.1. The van der Waals surface area contributed by atoms with Crippen LogP contribution in [0.3, 0.4) is 0 Å². The van der Waals surface area contributed by atoms with Gasteiger partial charge >= 0.3 is 5.97 Å². The molecule has 0 unspecified atom stereocenters. The minimum atomic E-state index is -0.312. The number of hydrazone groups is 1. The molecule has 1 aromatic carbocycles. The number of methoxy groups -OCH3 is 1. The summed E-state index contributed by atoms with van der Waals surface area (Å²) in [5, 5.41) is 5.85. The molecule has 16 heavy (non-hydrogen) atoms. The van der Waals surface area contributed by atoms with Crippen LogP contribution in [0, 0.1) is 0 Å². The molecular formula is C12H16N2O2. The molecule has 0 aliphatic rings. The number of benzene rings is 1. The predicted octanol–water partition coefficient (Wildman–Crippen LogP) is 1.56. The molecule has 4 heteroatoms. The number of carbonyl (C=O) groups excluding carboxylic acids is 1. The lowest BCUT2D eigenvalue weighted by Crippen LogP contribution is -2.03. The maximum Gasteiger partial charge on any atom is 0.337 e. The second-order valence-corrected chi connectivity index (χ2v) is 3.54. The molecule has 0 saturated heterocycles. The Bertz CT molecular complexity index is 369. The Labute approximate surface area is 95.5 Å². The second-order valence-electron chi connectivity index (χ2n) is 3.54. The molecule has 0 amide bonds. The van der Waals surface area contributed by atoms with Gasteiger partial charge < -0.3 is 9.75 Å². The van der Waals surface area contributed by atoms with Crippen LogP contribution in [0.25, 0.3) is 0 Å². The third-order valence-corrected chi connectivity index (χ3v) is 2.01. The first-order valence-corrected chi connectivity index (χ1v) is 5.00. The van der Waals surface area contributed by atoms with Gasteiger partial charge in [-0.3, -0.25) is 0 Å². The number of rotatable bonds is 4. The smallest absolute Gasteiger partial charge is 0.337 e. The van der Waals surface area contributed by atoms with Gasteiger partial charge in [-0.05, 0) is 17.7 Å². The Morgan fingerprint density at radius 1 is 1.38 bits per heavy atom. The number of hydrogen-bond donors (Lipinski definition) is 0. The Morgan fingerprint density at radius 2 is 2.00 bits per heavy atom. The van der Waals surface area contributed by atoms with Gasteiger partial charge in [0.1, 0.15) is 0 Å². The van der Waals surface area contributed by atoms with Gasteiger partial charge in [0.05, 0.1) is 12.7 Å². The molecule has 0 aliphatic heterocycles. The van der Waals surface area contributed by atoms with Crippen molar-refractivity contribution >= 4 is 12.2 Å². The van der Waals surface area contributed by atoms with E-state index in [9.17, 15) is 4.79 Å². The van der Waals surface area contributed by atoms with Crippen molar-refractivity contribution < 1.29 is 9.53 Å². The quantitative estimate of drug-likeness (QED) is 0.439. The van der Waals surface area contributed by atoms with E-state index in [-0.39, 0.29) is 5.97 Å². The zero-order valence-electron chi connectivity index (χ0n) is 9.80. The fourth-order valence-electron chi connectivity index (χ4n) is 1.20. The largest absolute Gasteiger partial charge is 0.465 e. The van der Waals surface area contributed by atoms with Crippen LogP contribution in [0.2, 0.25) is 0 Å². The van der Waals surface area contributed by atoms with Gasteiger partial charge in [0.15, 0.2) is 0 Å². The molecule has 0 radical (unpaired) electrons. The first-order chi connectivity index (χ1) is 7.63. The predicted molar refractivity (Wildman–Crippen MR) is 63.7 cm³/mol. The van der Waals surface area contributed by atoms with Gasteiger partial charge in [0, 0.05) is 26.7 Å². The van der Waals surface area contributed by atoms with Crippen molar-refractivity contribution in [3.8, 4) is 0 Å². The maximum atomic E-state index is 11.2. The van der Waals surface area contributed by atoms with Crippen LogP contribution in [-0.2, 0) is 11.2 Å². The monoisotopic (exact) mass is 220 g/mol. The second kappa shape index (κ2) is 5.90. The molecule has 0 aliphatic carbocycles. The summed E-state index contributed by atoms with van der Waals surface area (Å²) >= 11 is 0. The molecule has 4 nitrogen and oxygen atoms in total. The van der Waals surface area contributed by atoms with Gasteiger partial charge in [-0.1, -0.05) is 12.1 Å². The highest BCUT2D eigenvalue weighted by Gasteiger charge is 2.03. The molecule has 0 N–H and O–H groups in total. The summed E-state index contributed by atoms with van der Waals surface area (Å²) in [6, 6.07) is 7.30. The van der Waals surface area contributed by atoms with E-state index in [1.807, 2.05) is 32.4 Å². The van der Waals surface area contributed by atoms with Crippen LogP contribution in [0.4, 0.5) is 0 Å². The highest BCUT2D eigenvalue weighted by molar-refractivity contribution is 5.89. The normalized spacial score (nSPS) is 10.4. The lowest BCUT2D eigenvalue weighted by molar-refractivity contribution is 0.0601. The van der Waals surface area contributed by atoms with E-state index in [0.29, 0.717) is 5.56 Å². The number of carbonyl (C=O) groups is 1. The molecule has 0 aromatic heterocycles. The van der Waals surface area contributed by atoms with Crippen LogP contribution < -0.4 is 0 Å². The first-order valence-electron chi connectivity index (χ1n) is 5.00. The first kappa shape index (κ1) is 12.2. The molecule has 1 aromatic rings. The number of ether oxygens (including phenoxy) is 1. The van der Waals surface area contributed by atoms with Crippen molar-refractivity contribution in [2.45, 2.75) is 6.42 Å². The van der Waals surface area contributed by atoms with E-state index in [1.54, 1.807) is 17.1 Å². The van der Waals surface area contributed by atoms with Crippen molar-refractivity contribution in [3.05, 3.63) is 35.4 Å². The fourth-order valence-corrected chi connectivity index (χ4v) is 1.20. The van der Waals surface area contributed by atoms with Gasteiger partial charge in [0.2, 0.25) is 0 Å². The SMILES string of the molecule is COC(=O)c1ccc(C/C=N/N(C)C)cc1. The van der Waals surface area contributed by atoms with Gasteiger partial charge in [-0.15, -0.1) is 0 Å². The summed E-state index contributed by atoms with van der Waals surface area (Å²) in [4.78, 5) is 11.2. The molecule has 0 atom stereocenters. The van der Waals surface area contributed by atoms with Crippen LogP contribution in [0.15, 0.2) is 29.4 Å². The van der Waals surface area contributed by atoms with Crippen LogP contribution in [0.1, 0.15) is 15.9 Å². The Kier molecular flexibility index (Phi) is 4.51. The zero-order valence-corrected chi connectivity index (χ0v) is 9.80. The average Bonchev–Trinajstić information content (AvgIpc) is 2.28. The summed E-state index contributed by atoms with van der Waals surface area (Å²) in [7, 11) is 5.12. The van der Waals surface area contributed by atoms with E-state index in [2.05, 4.69) is 9.84 Å². The van der Waals surface area contributed by atoms with E-state index < -0.39 is 0 Å². The Hall–Kier alpha value is -1.84. The van der Waals surface area contributed by atoms with E-state index >= 15 is 0 Å². The molecule has 0 saturated carbocycles. The van der Waals surface area contributed by atoms with Gasteiger partial charge in [-0.25, -0.2) is 4.79 Å². The molecule has 86 valence electrons. The van der Waals surface area contributed by atoms with Crippen LogP contribution in [-0.4, -0.2) is 38.4 Å². The summed E-state index contributed by atoms with van der Waals surface area (Å²) < 4.78 is 4.62. The van der Waals surface area contributed by atoms with E-state index in [4.69, 9.17) is 0 Å². The van der Waals surface area contributed by atoms with Crippen molar-refractivity contribution in [3.63, 3.8) is 0 Å². The molecular weight excluding hydrogens is 204 g/mol. The lowest BCUT2D eigenvalue weighted by Gasteiger charge is -2.03. The standard InChI is InChI=1S/C12H16N2O2/c1-14(2)13-9-8-10-4-6-11(7-5-10)12(15)16-3/h4-7,9H,8H2,1-3H3/b13-9+. The fraction of sp³-hybridized carbons (Fsp3) is 0.333. The maximum absolute atomic E-state index is 11.2. The summed E-state index contributed by atoms with van der Waals surface area (Å²) in [6.07, 6.45) is 2.58. The third-order valence-electron chi connectivity index (χ3n) is 2.01. The molecule has 0 spiro atoms. The average molecular weight is 220 g/mol. The van der Waals surface area contributed by atoms with Crippen LogP contribution in [0.5, 0.6) is 0 Å². The summed E-state index contributed by atoms with van der Waals surface area (Å²) in [5.41, 5.74) is 1.68. The van der Waals surface area contributed by atoms with E-state index in [0.717, 1.165) is 12.0 Å². The number of nitrogens with zero attached hydrogens (tertiary/aromatic N) is 2. The highest BCUT2D eigenvalue weighted by atomic mass is 16.5. The topological polar surface area (TPSA) is 41.9 Å². The Balaban J connectivity index is 2.61. The minimum Gasteiger partial charge on any atom is -0.465 e. The van der Waals surface area contributed by atoms with Crippen LogP contribution >= 0.6 is 0 Å². The van der Waals surface area contributed by atoms with Crippen molar-refractivity contribution in [2.75, 3.05) is 21.2 Å². The van der Waals surface area contributed by atoms with Gasteiger partial charge in [0.25, 0.3) is 0 Å². The van der Waals surface area contributed by atoms with Crippen molar-refractivity contribution in [2.24, 2.45) is 5.10 Å². The number of hydrogen-bond acceptors (Lipinski definition) is 4. The molecule has 0 fully saturated rings. The van der Waals surface area contributed by atoms with E-state index in [1.165, 1.54) is 7.11 Å². The van der Waals surface area contributed by atoms with Crippen molar-refractivity contribution in [1.82, 2.24) is 5.01 Å². The summed E-state index contributed by atoms with van der Waals surface area (Å²) in [6.45, 7) is 0. The van der Waals surface area contributed by atoms with Gasteiger partial charge in [-0.2, -0.15) is 5.10 Å².